The van der Waals surface area contributed by atoms with E-state index in [-0.39, 0.29) is 35.7 Å². The number of rotatable bonds is 7. The summed E-state index contributed by atoms with van der Waals surface area (Å²) in [5.41, 5.74) is 7.87. The van der Waals surface area contributed by atoms with Crippen LogP contribution in [-0.2, 0) is 11.4 Å². The lowest BCUT2D eigenvalue weighted by molar-refractivity contribution is -0.115. The maximum absolute atomic E-state index is 12.6. The van der Waals surface area contributed by atoms with Gasteiger partial charge in [-0.1, -0.05) is 12.8 Å². The van der Waals surface area contributed by atoms with Gasteiger partial charge in [-0.25, -0.2) is 9.97 Å². The summed E-state index contributed by atoms with van der Waals surface area (Å²) < 4.78 is 1.77. The van der Waals surface area contributed by atoms with Gasteiger partial charge in [0, 0.05) is 37.2 Å². The molecule has 0 bridgehead atoms. The molecule has 7 N–H and O–H groups in total. The molecule has 0 aromatic carbocycles. The fraction of sp³-hybridized carbons (Fsp3) is 0.350. The SMILES string of the molecule is CNc1nc(Nc2cc(CO)c3nccn3c2)nc(C(=N)C(=O)NC2CCCC2)c1N. The van der Waals surface area contributed by atoms with Crippen molar-refractivity contribution in [3.05, 3.63) is 35.9 Å². The molecule has 11 nitrogen and oxygen atoms in total. The van der Waals surface area contributed by atoms with Gasteiger partial charge in [-0.2, -0.15) is 4.98 Å². The molecule has 1 aliphatic rings. The van der Waals surface area contributed by atoms with Crippen molar-refractivity contribution in [2.75, 3.05) is 23.4 Å². The largest absolute Gasteiger partial charge is 0.394 e. The van der Waals surface area contributed by atoms with Crippen LogP contribution in [0.3, 0.4) is 0 Å². The van der Waals surface area contributed by atoms with E-state index in [1.54, 1.807) is 36.1 Å². The number of fused-ring (bicyclic) bond motifs is 1. The second-order valence-corrected chi connectivity index (χ2v) is 7.43. The minimum absolute atomic E-state index is 0.0448. The minimum Gasteiger partial charge on any atom is -0.394 e. The number of anilines is 4. The number of carbonyl (C=O) groups excluding carboxylic acids is 1. The smallest absolute Gasteiger partial charge is 0.271 e. The van der Waals surface area contributed by atoms with Gasteiger partial charge in [0.2, 0.25) is 5.95 Å². The quantitative estimate of drug-likeness (QED) is 0.310. The molecule has 0 saturated heterocycles. The Bertz CT molecular complexity index is 1140. The van der Waals surface area contributed by atoms with Gasteiger partial charge < -0.3 is 31.2 Å². The van der Waals surface area contributed by atoms with Crippen molar-refractivity contribution in [3.8, 4) is 0 Å². The van der Waals surface area contributed by atoms with Crippen LogP contribution >= 0.6 is 0 Å². The first-order valence-corrected chi connectivity index (χ1v) is 10.1. The predicted molar refractivity (Wildman–Crippen MR) is 118 cm³/mol. The summed E-state index contributed by atoms with van der Waals surface area (Å²) in [5, 5.41) is 26.8. The number of amides is 1. The number of pyridine rings is 1. The second kappa shape index (κ2) is 8.56. The van der Waals surface area contributed by atoms with E-state index in [0.717, 1.165) is 25.7 Å². The molecular weight excluding hydrogens is 398 g/mol. The van der Waals surface area contributed by atoms with Gasteiger partial charge in [0.25, 0.3) is 5.91 Å². The van der Waals surface area contributed by atoms with Crippen LogP contribution in [0.15, 0.2) is 24.7 Å². The van der Waals surface area contributed by atoms with Crippen molar-refractivity contribution in [3.63, 3.8) is 0 Å². The summed E-state index contributed by atoms with van der Waals surface area (Å²) >= 11 is 0. The zero-order valence-corrected chi connectivity index (χ0v) is 17.1. The third-order valence-electron chi connectivity index (χ3n) is 5.33. The number of nitrogens with one attached hydrogen (secondary N) is 4. The maximum Gasteiger partial charge on any atom is 0.271 e. The van der Waals surface area contributed by atoms with Gasteiger partial charge in [-0.15, -0.1) is 0 Å². The van der Waals surface area contributed by atoms with Crippen LogP contribution in [-0.4, -0.2) is 49.2 Å². The van der Waals surface area contributed by atoms with Crippen LogP contribution in [0, 0.1) is 5.41 Å². The highest BCUT2D eigenvalue weighted by molar-refractivity contribution is 6.44. The van der Waals surface area contributed by atoms with E-state index in [1.165, 1.54) is 0 Å². The van der Waals surface area contributed by atoms with Crippen LogP contribution in [0.1, 0.15) is 36.9 Å². The van der Waals surface area contributed by atoms with E-state index in [2.05, 4.69) is 30.9 Å². The number of hydrogen-bond donors (Lipinski definition) is 6. The molecule has 1 amide bonds. The summed E-state index contributed by atoms with van der Waals surface area (Å²) in [4.78, 5) is 25.5. The summed E-state index contributed by atoms with van der Waals surface area (Å²) in [5.74, 6) is -0.0416. The summed E-state index contributed by atoms with van der Waals surface area (Å²) in [6.45, 7) is -0.183. The number of hydrogen-bond acceptors (Lipinski definition) is 9. The lowest BCUT2D eigenvalue weighted by atomic mass is 10.1. The highest BCUT2D eigenvalue weighted by atomic mass is 16.3. The summed E-state index contributed by atoms with van der Waals surface area (Å²) in [6, 6.07) is 1.81. The van der Waals surface area contributed by atoms with Crippen molar-refractivity contribution < 1.29 is 9.90 Å². The Morgan fingerprint density at radius 3 is 2.84 bits per heavy atom. The molecule has 0 unspecified atom stereocenters. The Kier molecular flexibility index (Phi) is 5.67. The molecule has 4 rings (SSSR count). The fourth-order valence-electron chi connectivity index (χ4n) is 3.76. The number of aliphatic hydroxyl groups is 1. The van der Waals surface area contributed by atoms with Crippen LogP contribution in [0.25, 0.3) is 5.65 Å². The molecule has 3 heterocycles. The first-order chi connectivity index (χ1) is 15.0. The molecule has 0 atom stereocenters. The molecule has 1 aliphatic carbocycles. The molecule has 3 aromatic heterocycles. The zero-order chi connectivity index (χ0) is 22.0. The molecule has 31 heavy (non-hydrogen) atoms. The predicted octanol–water partition coefficient (Wildman–Crippen LogP) is 1.41. The highest BCUT2D eigenvalue weighted by Gasteiger charge is 2.24. The van der Waals surface area contributed by atoms with Gasteiger partial charge in [-0.05, 0) is 18.9 Å². The molecule has 3 aromatic rings. The van der Waals surface area contributed by atoms with Gasteiger partial charge in [-0.3, -0.25) is 10.2 Å². The van der Waals surface area contributed by atoms with Crippen LogP contribution < -0.4 is 21.7 Å². The Balaban J connectivity index is 1.64. The van der Waals surface area contributed by atoms with Crippen LogP contribution in [0.4, 0.5) is 23.1 Å². The lowest BCUT2D eigenvalue weighted by Crippen LogP contribution is -2.38. The maximum atomic E-state index is 12.6. The first-order valence-electron chi connectivity index (χ1n) is 10.1. The van der Waals surface area contributed by atoms with E-state index in [9.17, 15) is 9.90 Å². The number of aromatic nitrogens is 4. The van der Waals surface area contributed by atoms with E-state index in [1.807, 2.05) is 0 Å². The fourth-order valence-corrected chi connectivity index (χ4v) is 3.76. The van der Waals surface area contributed by atoms with E-state index < -0.39 is 5.91 Å². The average molecular weight is 423 g/mol. The first kappa shape index (κ1) is 20.5. The van der Waals surface area contributed by atoms with E-state index in [0.29, 0.717) is 22.7 Å². The van der Waals surface area contributed by atoms with Gasteiger partial charge >= 0.3 is 0 Å². The topological polar surface area (TPSA) is 166 Å². The number of imidazole rings is 1. The minimum atomic E-state index is -0.507. The molecule has 0 radical (unpaired) electrons. The molecule has 0 spiro atoms. The normalized spacial score (nSPS) is 14.0. The van der Waals surface area contributed by atoms with Crippen LogP contribution in [0.5, 0.6) is 0 Å². The van der Waals surface area contributed by atoms with Crippen molar-refractivity contribution in [2.24, 2.45) is 0 Å². The summed E-state index contributed by atoms with van der Waals surface area (Å²) in [7, 11) is 1.65. The Labute approximate surface area is 178 Å². The van der Waals surface area contributed by atoms with Crippen LogP contribution in [0.2, 0.25) is 0 Å². The number of nitrogens with two attached hydrogens (primary N) is 1. The van der Waals surface area contributed by atoms with Gasteiger partial charge in [0.15, 0.2) is 5.82 Å². The standard InChI is InChI=1S/C20H25N9O2/c1-23-17-14(21)16(15(22)19(31)25-12-4-2-3-5-12)27-20(28-17)26-13-8-11(10-30)18-24-6-7-29(18)9-13/h6-9,12,22,30H,2-5,10,21H2,1H3,(H,25,31)(H2,23,26,27,28). The molecule has 0 aliphatic heterocycles. The summed E-state index contributed by atoms with van der Waals surface area (Å²) in [6.07, 6.45) is 9.15. The lowest BCUT2D eigenvalue weighted by Gasteiger charge is -2.16. The van der Waals surface area contributed by atoms with Crippen molar-refractivity contribution in [1.29, 1.82) is 5.41 Å². The number of aliphatic hydroxyl groups excluding tert-OH is 1. The van der Waals surface area contributed by atoms with E-state index in [4.69, 9.17) is 11.1 Å². The zero-order valence-electron chi connectivity index (χ0n) is 17.1. The third-order valence-corrected chi connectivity index (χ3v) is 5.33. The van der Waals surface area contributed by atoms with Crippen molar-refractivity contribution in [1.82, 2.24) is 24.7 Å². The molecule has 1 saturated carbocycles. The molecule has 11 heteroatoms. The van der Waals surface area contributed by atoms with Crippen molar-refractivity contribution >= 4 is 40.4 Å². The monoisotopic (exact) mass is 423 g/mol. The van der Waals surface area contributed by atoms with E-state index >= 15 is 0 Å². The number of carbonyl (C=O) groups is 1. The second-order valence-electron chi connectivity index (χ2n) is 7.43. The Morgan fingerprint density at radius 1 is 1.35 bits per heavy atom. The molecule has 1 fully saturated rings. The number of nitrogens with zero attached hydrogens (tertiary/aromatic N) is 4. The third kappa shape index (κ3) is 4.12. The average Bonchev–Trinajstić information content (AvgIpc) is 3.45. The highest BCUT2D eigenvalue weighted by Crippen LogP contribution is 2.25. The van der Waals surface area contributed by atoms with Crippen molar-refractivity contribution in [2.45, 2.75) is 38.3 Å². The molecule has 162 valence electrons. The van der Waals surface area contributed by atoms with Gasteiger partial charge in [0.05, 0.1) is 12.3 Å². The van der Waals surface area contributed by atoms with Gasteiger partial charge in [0.1, 0.15) is 22.7 Å². The Morgan fingerprint density at radius 2 is 2.13 bits per heavy atom. The Hall–Kier alpha value is -3.73. The number of nitrogen functional groups attached to an aromatic ring is 1. The molecular formula is C20H25N9O2.